The molecule has 0 aliphatic heterocycles. The van der Waals surface area contributed by atoms with Crippen molar-refractivity contribution in [1.29, 1.82) is 0 Å². The summed E-state index contributed by atoms with van der Waals surface area (Å²) in [7, 11) is 0. The van der Waals surface area contributed by atoms with E-state index in [0.29, 0.717) is 0 Å². The molecule has 0 bridgehead atoms. The summed E-state index contributed by atoms with van der Waals surface area (Å²) in [5.41, 5.74) is 15.0. The fourth-order valence-corrected chi connectivity index (χ4v) is 8.18. The highest BCUT2D eigenvalue weighted by Crippen LogP contribution is 2.41. The van der Waals surface area contributed by atoms with Gasteiger partial charge in [-0.05, 0) is 88.3 Å². The zero-order valence-electron chi connectivity index (χ0n) is 31.5. The van der Waals surface area contributed by atoms with Crippen molar-refractivity contribution >= 4 is 60.8 Å². The van der Waals surface area contributed by atoms with Gasteiger partial charge in [0.2, 0.25) is 0 Å². The third-order valence-corrected chi connectivity index (χ3v) is 11.0. The van der Waals surface area contributed by atoms with Crippen LogP contribution in [0.5, 0.6) is 0 Å². The highest BCUT2D eigenvalue weighted by atomic mass is 16.3. The van der Waals surface area contributed by atoms with E-state index in [9.17, 15) is 0 Å². The predicted molar refractivity (Wildman–Crippen MR) is 241 cm³/mol. The van der Waals surface area contributed by atoms with Gasteiger partial charge in [-0.15, -0.1) is 0 Å². The maximum Gasteiger partial charge on any atom is 0.137 e. The Morgan fingerprint density at radius 1 is 0.328 bits per heavy atom. The molecular formula is C54H35N3O. The number of hydrogen-bond acceptors (Lipinski definition) is 4. The fraction of sp³-hybridized carbons (Fsp3) is 0. The lowest BCUT2D eigenvalue weighted by molar-refractivity contribution is 0.669. The Bertz CT molecular complexity index is 3270. The molecule has 272 valence electrons. The molecule has 0 amide bonds. The molecule has 0 saturated carbocycles. The number of hydrogen-bond donors (Lipinski definition) is 0. The van der Waals surface area contributed by atoms with Crippen LogP contribution in [0.1, 0.15) is 0 Å². The number of aromatic nitrogens is 2. The van der Waals surface area contributed by atoms with Crippen molar-refractivity contribution < 1.29 is 4.42 Å². The van der Waals surface area contributed by atoms with Crippen LogP contribution >= 0.6 is 0 Å². The minimum absolute atomic E-state index is 0.840. The average Bonchev–Trinajstić information content (AvgIpc) is 3.67. The van der Waals surface area contributed by atoms with E-state index in [0.717, 1.165) is 94.4 Å². The molecule has 58 heavy (non-hydrogen) atoms. The highest BCUT2D eigenvalue weighted by Gasteiger charge is 2.18. The van der Waals surface area contributed by atoms with Crippen molar-refractivity contribution in [3.8, 4) is 44.8 Å². The SMILES string of the molecule is c1ccc(-c2cccc(N(c3ccccc3)c3ccc4c(c3)oc3ccc(-c5ccc6ccc7nc(-c8ccccc8)c(-c8ccccc8)nc7c6c5)cc34)c2)cc1. The van der Waals surface area contributed by atoms with Gasteiger partial charge in [-0.25, -0.2) is 9.97 Å². The zero-order chi connectivity index (χ0) is 38.4. The van der Waals surface area contributed by atoms with Crippen LogP contribution in [0.3, 0.4) is 0 Å². The Hall–Kier alpha value is -7.82. The summed E-state index contributed by atoms with van der Waals surface area (Å²) in [5, 5.41) is 4.34. The molecule has 11 rings (SSSR count). The van der Waals surface area contributed by atoms with Crippen LogP contribution in [0.25, 0.3) is 88.5 Å². The molecule has 0 aliphatic carbocycles. The Balaban J connectivity index is 1.01. The van der Waals surface area contributed by atoms with E-state index in [1.54, 1.807) is 0 Å². The molecule has 2 heterocycles. The first-order chi connectivity index (χ1) is 28.7. The summed E-state index contributed by atoms with van der Waals surface area (Å²) in [5.74, 6) is 0. The van der Waals surface area contributed by atoms with Gasteiger partial charge in [-0.3, -0.25) is 0 Å². The molecule has 0 N–H and O–H groups in total. The summed E-state index contributed by atoms with van der Waals surface area (Å²) in [4.78, 5) is 12.9. The molecule has 0 atom stereocenters. The second-order valence-corrected chi connectivity index (χ2v) is 14.6. The van der Waals surface area contributed by atoms with Crippen LogP contribution in [0.4, 0.5) is 17.1 Å². The molecule has 0 aliphatic rings. The normalized spacial score (nSPS) is 11.4. The van der Waals surface area contributed by atoms with Crippen LogP contribution in [0.2, 0.25) is 0 Å². The first-order valence-corrected chi connectivity index (χ1v) is 19.6. The summed E-state index contributed by atoms with van der Waals surface area (Å²) in [6, 6.07) is 74.3. The lowest BCUT2D eigenvalue weighted by Crippen LogP contribution is -2.09. The molecule has 0 fully saturated rings. The summed E-state index contributed by atoms with van der Waals surface area (Å²) in [6.07, 6.45) is 0. The molecule has 2 aromatic heterocycles. The van der Waals surface area contributed by atoms with Crippen LogP contribution in [0, 0.1) is 0 Å². The predicted octanol–water partition coefficient (Wildman–Crippen LogP) is 14.8. The molecule has 0 radical (unpaired) electrons. The smallest absolute Gasteiger partial charge is 0.137 e. The number of para-hydroxylation sites is 1. The van der Waals surface area contributed by atoms with Gasteiger partial charge < -0.3 is 9.32 Å². The number of anilines is 3. The lowest BCUT2D eigenvalue weighted by Gasteiger charge is -2.26. The molecule has 11 aromatic rings. The van der Waals surface area contributed by atoms with E-state index in [4.69, 9.17) is 14.4 Å². The van der Waals surface area contributed by atoms with Crippen molar-refractivity contribution in [2.45, 2.75) is 0 Å². The zero-order valence-corrected chi connectivity index (χ0v) is 31.5. The molecular weight excluding hydrogens is 707 g/mol. The van der Waals surface area contributed by atoms with Gasteiger partial charge in [-0.1, -0.05) is 146 Å². The van der Waals surface area contributed by atoms with Crippen molar-refractivity contribution in [3.63, 3.8) is 0 Å². The van der Waals surface area contributed by atoms with E-state index < -0.39 is 0 Å². The molecule has 9 aromatic carbocycles. The number of rotatable bonds is 7. The third-order valence-electron chi connectivity index (χ3n) is 11.0. The Morgan fingerprint density at radius 2 is 0.879 bits per heavy atom. The van der Waals surface area contributed by atoms with Crippen molar-refractivity contribution in [2.75, 3.05) is 4.90 Å². The average molecular weight is 742 g/mol. The van der Waals surface area contributed by atoms with Crippen LogP contribution in [0.15, 0.2) is 217 Å². The molecule has 0 saturated heterocycles. The highest BCUT2D eigenvalue weighted by molar-refractivity contribution is 6.09. The minimum Gasteiger partial charge on any atom is -0.456 e. The molecule has 4 nitrogen and oxygen atoms in total. The van der Waals surface area contributed by atoms with E-state index >= 15 is 0 Å². The number of fused-ring (bicyclic) bond motifs is 6. The van der Waals surface area contributed by atoms with E-state index in [1.807, 2.05) is 24.3 Å². The lowest BCUT2D eigenvalue weighted by atomic mass is 9.98. The Morgan fingerprint density at radius 3 is 1.60 bits per heavy atom. The maximum absolute atomic E-state index is 6.58. The number of benzene rings is 9. The van der Waals surface area contributed by atoms with Gasteiger partial charge in [-0.2, -0.15) is 0 Å². The minimum atomic E-state index is 0.840. The Kier molecular flexibility index (Phi) is 8.11. The quantitative estimate of drug-likeness (QED) is 0.153. The molecule has 0 spiro atoms. The third kappa shape index (κ3) is 5.96. The fourth-order valence-electron chi connectivity index (χ4n) is 8.18. The monoisotopic (exact) mass is 741 g/mol. The van der Waals surface area contributed by atoms with Gasteiger partial charge in [0.25, 0.3) is 0 Å². The summed E-state index contributed by atoms with van der Waals surface area (Å²) in [6.45, 7) is 0. The molecule has 4 heteroatoms. The van der Waals surface area contributed by atoms with Crippen molar-refractivity contribution in [1.82, 2.24) is 9.97 Å². The number of furan rings is 1. The van der Waals surface area contributed by atoms with E-state index in [2.05, 4.69) is 193 Å². The van der Waals surface area contributed by atoms with E-state index in [1.165, 1.54) is 11.1 Å². The second kappa shape index (κ2) is 14.0. The van der Waals surface area contributed by atoms with Crippen LogP contribution in [-0.2, 0) is 0 Å². The van der Waals surface area contributed by atoms with Crippen LogP contribution < -0.4 is 4.90 Å². The standard InChI is InChI=1S/C54H35N3O/c1-5-14-36(15-6-1)40-20-13-23-44(32-40)57(43-21-11-4-12-22-43)45-28-29-46-48-34-42(27-31-50(48)58-51(46)35-45)41-25-24-37-26-30-49-54(47(37)33-41)56-53(39-18-9-3-10-19-39)52(55-49)38-16-7-2-8-17-38/h1-35H. The maximum atomic E-state index is 6.58. The van der Waals surface area contributed by atoms with Gasteiger partial charge >= 0.3 is 0 Å². The molecule has 0 unspecified atom stereocenters. The van der Waals surface area contributed by atoms with E-state index in [-0.39, 0.29) is 0 Å². The summed E-state index contributed by atoms with van der Waals surface area (Å²) < 4.78 is 6.58. The van der Waals surface area contributed by atoms with Crippen molar-refractivity contribution in [3.05, 3.63) is 212 Å². The first kappa shape index (κ1) is 33.5. The van der Waals surface area contributed by atoms with Gasteiger partial charge in [0.1, 0.15) is 11.2 Å². The Labute approximate surface area is 335 Å². The summed E-state index contributed by atoms with van der Waals surface area (Å²) >= 11 is 0. The largest absolute Gasteiger partial charge is 0.456 e. The second-order valence-electron chi connectivity index (χ2n) is 14.6. The topological polar surface area (TPSA) is 42.2 Å². The van der Waals surface area contributed by atoms with Gasteiger partial charge in [0.05, 0.1) is 22.4 Å². The van der Waals surface area contributed by atoms with Gasteiger partial charge in [0, 0.05) is 50.4 Å². The van der Waals surface area contributed by atoms with Crippen LogP contribution in [-0.4, -0.2) is 9.97 Å². The van der Waals surface area contributed by atoms with Gasteiger partial charge in [0.15, 0.2) is 0 Å². The van der Waals surface area contributed by atoms with Crippen molar-refractivity contribution in [2.24, 2.45) is 0 Å². The number of nitrogens with zero attached hydrogens (tertiary/aromatic N) is 3. The first-order valence-electron chi connectivity index (χ1n) is 19.6.